The first-order valence-corrected chi connectivity index (χ1v) is 6.84. The number of esters is 1. The van der Waals surface area contributed by atoms with Crippen molar-refractivity contribution in [1.29, 1.82) is 0 Å². The third-order valence-electron chi connectivity index (χ3n) is 2.72. The zero-order valence-corrected chi connectivity index (χ0v) is 12.4. The first-order valence-electron chi connectivity index (χ1n) is 6.05. The molecular formula is C13H13BrN2O4. The van der Waals surface area contributed by atoms with Gasteiger partial charge in [-0.2, -0.15) is 0 Å². The lowest BCUT2D eigenvalue weighted by atomic mass is 10.2. The summed E-state index contributed by atoms with van der Waals surface area (Å²) < 4.78 is 7.08. The van der Waals surface area contributed by atoms with Crippen molar-refractivity contribution in [2.45, 2.75) is 13.5 Å². The Morgan fingerprint density at radius 3 is 2.95 bits per heavy atom. The molecule has 7 heteroatoms. The van der Waals surface area contributed by atoms with E-state index in [0.717, 1.165) is 0 Å². The van der Waals surface area contributed by atoms with Gasteiger partial charge in [0.05, 0.1) is 18.6 Å². The Bertz CT molecular complexity index is 711. The van der Waals surface area contributed by atoms with Gasteiger partial charge in [0.2, 0.25) is 5.43 Å². The average molecular weight is 341 g/mol. The van der Waals surface area contributed by atoms with Crippen LogP contribution in [0.4, 0.5) is 0 Å². The van der Waals surface area contributed by atoms with Crippen LogP contribution in [0.15, 0.2) is 27.7 Å². The topological polar surface area (TPSA) is 81.4 Å². The van der Waals surface area contributed by atoms with E-state index in [1.807, 2.05) is 0 Å². The van der Waals surface area contributed by atoms with Crippen molar-refractivity contribution < 1.29 is 14.6 Å². The average Bonchev–Trinajstić information content (AvgIpc) is 2.42. The smallest absolute Gasteiger partial charge is 0.343 e. The third kappa shape index (κ3) is 2.73. The maximum absolute atomic E-state index is 12.3. The lowest BCUT2D eigenvalue weighted by Crippen LogP contribution is -2.22. The number of aliphatic hydroxyl groups excluding tert-OH is 1. The van der Waals surface area contributed by atoms with Gasteiger partial charge in [-0.15, -0.1) is 0 Å². The van der Waals surface area contributed by atoms with E-state index in [-0.39, 0.29) is 25.3 Å². The minimum Gasteiger partial charge on any atom is -0.462 e. The van der Waals surface area contributed by atoms with Crippen molar-refractivity contribution in [1.82, 2.24) is 9.55 Å². The van der Waals surface area contributed by atoms with Crippen LogP contribution in [0.1, 0.15) is 17.3 Å². The van der Waals surface area contributed by atoms with Crippen LogP contribution in [-0.2, 0) is 11.3 Å². The number of hydrogen-bond acceptors (Lipinski definition) is 5. The van der Waals surface area contributed by atoms with Gasteiger partial charge in [-0.25, -0.2) is 9.78 Å². The molecule has 0 radical (unpaired) electrons. The summed E-state index contributed by atoms with van der Waals surface area (Å²) in [7, 11) is 0. The number of hydrogen-bond donors (Lipinski definition) is 1. The fourth-order valence-electron chi connectivity index (χ4n) is 1.88. The molecule has 6 nitrogen and oxygen atoms in total. The third-order valence-corrected chi connectivity index (χ3v) is 3.15. The first kappa shape index (κ1) is 14.7. The van der Waals surface area contributed by atoms with Crippen molar-refractivity contribution in [2.24, 2.45) is 0 Å². The molecule has 0 aliphatic carbocycles. The Morgan fingerprint density at radius 2 is 2.30 bits per heavy atom. The molecule has 0 saturated heterocycles. The molecule has 2 heterocycles. The maximum atomic E-state index is 12.3. The van der Waals surface area contributed by atoms with Crippen molar-refractivity contribution in [3.63, 3.8) is 0 Å². The molecule has 0 amide bonds. The lowest BCUT2D eigenvalue weighted by Gasteiger charge is -2.11. The van der Waals surface area contributed by atoms with E-state index in [2.05, 4.69) is 20.9 Å². The second-order valence-corrected chi connectivity index (χ2v) is 4.95. The predicted molar refractivity (Wildman–Crippen MR) is 76.7 cm³/mol. The summed E-state index contributed by atoms with van der Waals surface area (Å²) in [4.78, 5) is 28.3. The lowest BCUT2D eigenvalue weighted by molar-refractivity contribution is 0.0524. The van der Waals surface area contributed by atoms with Gasteiger partial charge in [0, 0.05) is 23.4 Å². The van der Waals surface area contributed by atoms with E-state index in [4.69, 9.17) is 9.84 Å². The molecule has 0 unspecified atom stereocenters. The van der Waals surface area contributed by atoms with Gasteiger partial charge < -0.3 is 14.4 Å². The molecule has 0 spiro atoms. The number of rotatable bonds is 4. The van der Waals surface area contributed by atoms with Crippen molar-refractivity contribution >= 4 is 32.9 Å². The van der Waals surface area contributed by atoms with Crippen LogP contribution in [-0.4, -0.2) is 33.8 Å². The molecule has 0 atom stereocenters. The number of fused-ring (bicyclic) bond motifs is 1. The van der Waals surface area contributed by atoms with E-state index in [0.29, 0.717) is 15.5 Å². The van der Waals surface area contributed by atoms with Crippen molar-refractivity contribution in [3.8, 4) is 0 Å². The highest BCUT2D eigenvalue weighted by Crippen LogP contribution is 2.15. The van der Waals surface area contributed by atoms with E-state index in [1.54, 1.807) is 23.8 Å². The zero-order valence-electron chi connectivity index (χ0n) is 10.8. The number of carbonyl (C=O) groups is 1. The molecule has 0 aliphatic rings. The standard InChI is InChI=1S/C13H13BrN2O4/c1-2-20-13(19)10-7-16(3-4-17)12-9(11(10)18)5-8(14)6-15-12/h5-7,17H,2-4H2,1H3. The van der Waals surface area contributed by atoms with Crippen LogP contribution in [0.2, 0.25) is 0 Å². The molecule has 1 N–H and O–H groups in total. The number of aromatic nitrogens is 2. The fourth-order valence-corrected chi connectivity index (χ4v) is 2.21. The second kappa shape index (κ2) is 6.15. The SMILES string of the molecule is CCOC(=O)c1cn(CCO)c2ncc(Br)cc2c1=O. The monoisotopic (exact) mass is 340 g/mol. The van der Waals surface area contributed by atoms with E-state index >= 15 is 0 Å². The molecule has 106 valence electrons. The number of nitrogens with zero attached hydrogens (tertiary/aromatic N) is 2. The van der Waals surface area contributed by atoms with Crippen LogP contribution in [0.25, 0.3) is 11.0 Å². The summed E-state index contributed by atoms with van der Waals surface area (Å²) >= 11 is 3.25. The second-order valence-electron chi connectivity index (χ2n) is 4.03. The highest BCUT2D eigenvalue weighted by Gasteiger charge is 2.17. The molecule has 0 saturated carbocycles. The summed E-state index contributed by atoms with van der Waals surface area (Å²) in [5.41, 5.74) is -0.0746. The van der Waals surface area contributed by atoms with Gasteiger partial charge in [-0.1, -0.05) is 0 Å². The minimum absolute atomic E-state index is 0.0623. The fraction of sp³-hybridized carbons (Fsp3) is 0.308. The van der Waals surface area contributed by atoms with Gasteiger partial charge in [0.25, 0.3) is 0 Å². The summed E-state index contributed by atoms with van der Waals surface area (Å²) in [5.74, 6) is -0.675. The number of pyridine rings is 2. The molecule has 20 heavy (non-hydrogen) atoms. The van der Waals surface area contributed by atoms with E-state index in [9.17, 15) is 9.59 Å². The summed E-state index contributed by atoms with van der Waals surface area (Å²) in [6.07, 6.45) is 2.93. The van der Waals surface area contributed by atoms with Crippen LogP contribution < -0.4 is 5.43 Å². The largest absolute Gasteiger partial charge is 0.462 e. The quantitative estimate of drug-likeness (QED) is 0.849. The van der Waals surface area contributed by atoms with Gasteiger partial charge in [-0.3, -0.25) is 4.79 Å². The summed E-state index contributed by atoms with van der Waals surface area (Å²) in [6.45, 7) is 1.96. The van der Waals surface area contributed by atoms with Gasteiger partial charge in [0.1, 0.15) is 11.2 Å². The molecule has 0 bridgehead atoms. The van der Waals surface area contributed by atoms with Crippen LogP contribution in [0.5, 0.6) is 0 Å². The van der Waals surface area contributed by atoms with Gasteiger partial charge in [0.15, 0.2) is 0 Å². The molecule has 0 aliphatic heterocycles. The zero-order chi connectivity index (χ0) is 14.7. The predicted octanol–water partition coefficient (Wildman–Crippen LogP) is 1.33. The Morgan fingerprint density at radius 1 is 1.55 bits per heavy atom. The molecule has 2 rings (SSSR count). The number of aliphatic hydroxyl groups is 1. The summed E-state index contributed by atoms with van der Waals surface area (Å²) in [6, 6.07) is 1.60. The Balaban J connectivity index is 2.74. The molecule has 2 aromatic heterocycles. The van der Waals surface area contributed by atoms with E-state index < -0.39 is 11.4 Å². The highest BCUT2D eigenvalue weighted by atomic mass is 79.9. The number of halogens is 1. The summed E-state index contributed by atoms with van der Waals surface area (Å²) in [5, 5.41) is 9.39. The molecule has 0 fully saturated rings. The molecule has 2 aromatic rings. The Hall–Kier alpha value is -1.73. The maximum Gasteiger partial charge on any atom is 0.343 e. The van der Waals surface area contributed by atoms with Gasteiger partial charge in [-0.05, 0) is 28.9 Å². The Labute approximate surface area is 123 Å². The first-order chi connectivity index (χ1) is 9.58. The Kier molecular flexibility index (Phi) is 4.51. The highest BCUT2D eigenvalue weighted by molar-refractivity contribution is 9.10. The molecule has 0 aromatic carbocycles. The van der Waals surface area contributed by atoms with Crippen LogP contribution in [0, 0.1) is 0 Å². The van der Waals surface area contributed by atoms with Crippen molar-refractivity contribution in [3.05, 3.63) is 38.7 Å². The van der Waals surface area contributed by atoms with Gasteiger partial charge >= 0.3 is 5.97 Å². The minimum atomic E-state index is -0.675. The molecular weight excluding hydrogens is 328 g/mol. The van der Waals surface area contributed by atoms with Crippen molar-refractivity contribution in [2.75, 3.05) is 13.2 Å². The van der Waals surface area contributed by atoms with Crippen LogP contribution >= 0.6 is 15.9 Å². The normalized spacial score (nSPS) is 10.8. The van der Waals surface area contributed by atoms with E-state index in [1.165, 1.54) is 6.20 Å². The number of carbonyl (C=O) groups excluding carboxylic acids is 1. The number of ether oxygens (including phenoxy) is 1. The van der Waals surface area contributed by atoms with Crippen LogP contribution in [0.3, 0.4) is 0 Å².